The van der Waals surface area contributed by atoms with Gasteiger partial charge in [-0.25, -0.2) is 14.8 Å². The first-order valence-electron chi connectivity index (χ1n) is 9.14. The fraction of sp³-hybridized carbons (Fsp3) is 0.316. The van der Waals surface area contributed by atoms with Crippen molar-refractivity contribution in [2.45, 2.75) is 19.4 Å². The van der Waals surface area contributed by atoms with Crippen LogP contribution in [0.4, 0.5) is 16.6 Å². The minimum atomic E-state index is -0.279. The number of imidazole rings is 1. The molecule has 8 nitrogen and oxygen atoms in total. The number of carbonyl (C=O) groups is 1. The lowest BCUT2D eigenvalue weighted by atomic mass is 10.1. The van der Waals surface area contributed by atoms with Gasteiger partial charge in [0.25, 0.3) is 0 Å². The Hall–Kier alpha value is -3.13. The minimum Gasteiger partial charge on any atom is -0.355 e. The van der Waals surface area contributed by atoms with E-state index < -0.39 is 0 Å². The highest BCUT2D eigenvalue weighted by molar-refractivity contribution is 5.90. The summed E-state index contributed by atoms with van der Waals surface area (Å²) in [4.78, 5) is 26.0. The summed E-state index contributed by atoms with van der Waals surface area (Å²) in [5, 5.41) is 5.37. The molecule has 0 radical (unpaired) electrons. The van der Waals surface area contributed by atoms with Gasteiger partial charge in [0.2, 0.25) is 5.95 Å². The van der Waals surface area contributed by atoms with Crippen molar-refractivity contribution in [1.29, 1.82) is 0 Å². The Bertz CT molecular complexity index is 950. The molecule has 2 aromatic heterocycles. The molecule has 0 saturated carbocycles. The molecule has 1 aromatic carbocycles. The van der Waals surface area contributed by atoms with Gasteiger partial charge in [-0.05, 0) is 43.2 Å². The summed E-state index contributed by atoms with van der Waals surface area (Å²) < 4.78 is 0. The van der Waals surface area contributed by atoms with Crippen LogP contribution >= 0.6 is 0 Å². The third-order valence-corrected chi connectivity index (χ3v) is 4.68. The Labute approximate surface area is 157 Å². The number of anilines is 2. The van der Waals surface area contributed by atoms with Crippen LogP contribution in [0.15, 0.2) is 36.5 Å². The van der Waals surface area contributed by atoms with E-state index in [2.05, 4.69) is 36.6 Å². The molecular weight excluding hydrogens is 342 g/mol. The topological polar surface area (TPSA) is 112 Å². The lowest BCUT2D eigenvalue weighted by Crippen LogP contribution is -2.28. The van der Waals surface area contributed by atoms with E-state index >= 15 is 0 Å². The first-order chi connectivity index (χ1) is 13.1. The van der Waals surface area contributed by atoms with Gasteiger partial charge in [-0.3, -0.25) is 5.32 Å². The van der Waals surface area contributed by atoms with Crippen molar-refractivity contribution in [3.05, 3.63) is 36.5 Å². The van der Waals surface area contributed by atoms with Gasteiger partial charge in [-0.1, -0.05) is 6.07 Å². The zero-order valence-corrected chi connectivity index (χ0v) is 15.2. The third-order valence-electron chi connectivity index (χ3n) is 4.68. The average molecular weight is 365 g/mol. The fourth-order valence-electron chi connectivity index (χ4n) is 3.30. The van der Waals surface area contributed by atoms with Crippen LogP contribution in [0, 0.1) is 0 Å². The number of urea groups is 1. The quantitative estimate of drug-likeness (QED) is 0.567. The van der Waals surface area contributed by atoms with Crippen LogP contribution in [-0.4, -0.2) is 46.7 Å². The second-order valence-electron chi connectivity index (χ2n) is 6.70. The summed E-state index contributed by atoms with van der Waals surface area (Å²) >= 11 is 0. The van der Waals surface area contributed by atoms with Crippen LogP contribution in [0.2, 0.25) is 0 Å². The van der Waals surface area contributed by atoms with E-state index in [9.17, 15) is 4.79 Å². The average Bonchev–Trinajstić information content (AvgIpc) is 3.27. The summed E-state index contributed by atoms with van der Waals surface area (Å²) in [7, 11) is 0. The standard InChI is InChI=1S/C19H23N7O/c1-2-21-19(27)25-18-23-15-5-3-12(9-16(15)24-18)13-4-6-17(22-10-13)26-8-7-14(20)11-26/h3-6,9-10,14H,2,7-8,11,20H2,1H3,(H3,21,23,24,25,27). The van der Waals surface area contributed by atoms with Crippen LogP contribution in [0.3, 0.4) is 0 Å². The van der Waals surface area contributed by atoms with Gasteiger partial charge in [0.05, 0.1) is 11.0 Å². The maximum atomic E-state index is 11.6. The third kappa shape index (κ3) is 3.70. The number of fused-ring (bicyclic) bond motifs is 1. The lowest BCUT2D eigenvalue weighted by molar-refractivity contribution is 0.252. The van der Waals surface area contributed by atoms with Gasteiger partial charge < -0.3 is 20.9 Å². The Morgan fingerprint density at radius 1 is 1.33 bits per heavy atom. The molecule has 1 unspecified atom stereocenters. The Morgan fingerprint density at radius 2 is 2.19 bits per heavy atom. The Balaban J connectivity index is 1.54. The predicted molar refractivity (Wildman–Crippen MR) is 107 cm³/mol. The summed E-state index contributed by atoms with van der Waals surface area (Å²) in [6.07, 6.45) is 2.89. The van der Waals surface area contributed by atoms with Crippen LogP contribution in [0.1, 0.15) is 13.3 Å². The first-order valence-corrected chi connectivity index (χ1v) is 9.14. The molecule has 4 rings (SSSR count). The molecule has 0 spiro atoms. The highest BCUT2D eigenvalue weighted by Crippen LogP contribution is 2.26. The second-order valence-corrected chi connectivity index (χ2v) is 6.70. The van der Waals surface area contributed by atoms with Crippen molar-refractivity contribution in [3.63, 3.8) is 0 Å². The molecule has 2 amide bonds. The van der Waals surface area contributed by atoms with Gasteiger partial charge in [-0.15, -0.1) is 0 Å². The summed E-state index contributed by atoms with van der Waals surface area (Å²) in [6.45, 7) is 4.23. The molecule has 3 aromatic rings. The van der Waals surface area contributed by atoms with Crippen LogP contribution in [0.25, 0.3) is 22.2 Å². The van der Waals surface area contributed by atoms with E-state index in [4.69, 9.17) is 5.73 Å². The Morgan fingerprint density at radius 3 is 2.89 bits per heavy atom. The monoisotopic (exact) mass is 365 g/mol. The smallest absolute Gasteiger partial charge is 0.321 e. The molecule has 0 aliphatic carbocycles. The van der Waals surface area contributed by atoms with Crippen molar-refractivity contribution >= 4 is 28.8 Å². The van der Waals surface area contributed by atoms with E-state index in [1.54, 1.807) is 0 Å². The molecule has 1 saturated heterocycles. The fourth-order valence-corrected chi connectivity index (χ4v) is 3.30. The first kappa shape index (κ1) is 17.3. The largest absolute Gasteiger partial charge is 0.355 e. The van der Waals surface area contributed by atoms with Gasteiger partial charge >= 0.3 is 6.03 Å². The normalized spacial score (nSPS) is 16.7. The number of hydrogen-bond acceptors (Lipinski definition) is 5. The van der Waals surface area contributed by atoms with Gasteiger partial charge in [0.1, 0.15) is 5.82 Å². The Kier molecular flexibility index (Phi) is 4.64. The van der Waals surface area contributed by atoms with Crippen molar-refractivity contribution in [1.82, 2.24) is 20.3 Å². The summed E-state index contributed by atoms with van der Waals surface area (Å²) in [6, 6.07) is 9.99. The number of aromatic amines is 1. The number of hydrogen-bond donors (Lipinski definition) is 4. The number of nitrogens with zero attached hydrogens (tertiary/aromatic N) is 3. The summed E-state index contributed by atoms with van der Waals surface area (Å²) in [5.41, 5.74) is 9.68. The number of rotatable bonds is 4. The van der Waals surface area contributed by atoms with E-state index in [-0.39, 0.29) is 12.1 Å². The minimum absolute atomic E-state index is 0.233. The molecule has 27 heavy (non-hydrogen) atoms. The summed E-state index contributed by atoms with van der Waals surface area (Å²) in [5.74, 6) is 1.38. The molecule has 1 aliphatic rings. The molecule has 5 N–H and O–H groups in total. The SMILES string of the molecule is CCNC(=O)Nc1nc2ccc(-c3ccc(N4CCC(N)C4)nc3)cc2[nH]1. The molecule has 1 atom stereocenters. The van der Waals surface area contributed by atoms with Crippen molar-refractivity contribution in [2.24, 2.45) is 5.73 Å². The number of benzene rings is 1. The number of nitrogens with one attached hydrogen (secondary N) is 3. The van der Waals surface area contributed by atoms with Crippen LogP contribution in [0.5, 0.6) is 0 Å². The molecule has 0 bridgehead atoms. The van der Waals surface area contributed by atoms with Crippen molar-refractivity contribution in [2.75, 3.05) is 29.9 Å². The number of pyridine rings is 1. The second kappa shape index (κ2) is 7.24. The van der Waals surface area contributed by atoms with Crippen molar-refractivity contribution < 1.29 is 4.79 Å². The molecular formula is C19H23N7O. The number of amides is 2. The maximum Gasteiger partial charge on any atom is 0.321 e. The highest BCUT2D eigenvalue weighted by Gasteiger charge is 2.20. The number of carbonyl (C=O) groups excluding carboxylic acids is 1. The zero-order chi connectivity index (χ0) is 18.8. The van der Waals surface area contributed by atoms with E-state index in [0.717, 1.165) is 47.5 Å². The molecule has 140 valence electrons. The molecule has 8 heteroatoms. The lowest BCUT2D eigenvalue weighted by Gasteiger charge is -2.16. The van der Waals surface area contributed by atoms with Crippen LogP contribution in [-0.2, 0) is 0 Å². The van der Waals surface area contributed by atoms with Gasteiger partial charge in [0.15, 0.2) is 0 Å². The van der Waals surface area contributed by atoms with E-state index in [0.29, 0.717) is 12.5 Å². The molecule has 1 fully saturated rings. The molecule has 3 heterocycles. The molecule has 1 aliphatic heterocycles. The predicted octanol–water partition coefficient (Wildman–Crippen LogP) is 2.30. The van der Waals surface area contributed by atoms with E-state index in [1.165, 1.54) is 0 Å². The highest BCUT2D eigenvalue weighted by atomic mass is 16.2. The number of nitrogens with two attached hydrogens (primary N) is 1. The number of aromatic nitrogens is 3. The number of H-pyrrole nitrogens is 1. The van der Waals surface area contributed by atoms with Crippen molar-refractivity contribution in [3.8, 4) is 11.1 Å². The van der Waals surface area contributed by atoms with Crippen LogP contribution < -0.4 is 21.3 Å². The van der Waals surface area contributed by atoms with E-state index in [1.807, 2.05) is 37.4 Å². The zero-order valence-electron chi connectivity index (χ0n) is 15.2. The van der Waals surface area contributed by atoms with Gasteiger partial charge in [0, 0.05) is 37.4 Å². The van der Waals surface area contributed by atoms with Gasteiger partial charge in [-0.2, -0.15) is 0 Å². The maximum absolute atomic E-state index is 11.6.